The van der Waals surface area contributed by atoms with E-state index in [2.05, 4.69) is 10.3 Å². The Morgan fingerprint density at radius 1 is 1.67 bits per heavy atom. The van der Waals surface area contributed by atoms with Gasteiger partial charge in [0.2, 0.25) is 5.88 Å². The van der Waals surface area contributed by atoms with E-state index >= 15 is 0 Å². The van der Waals surface area contributed by atoms with E-state index in [4.69, 9.17) is 16.3 Å². The largest absolute Gasteiger partial charge is 0.481 e. The zero-order chi connectivity index (χ0) is 10.7. The lowest BCUT2D eigenvalue weighted by Crippen LogP contribution is -2.11. The van der Waals surface area contributed by atoms with Crippen molar-refractivity contribution in [1.29, 1.82) is 0 Å². The zero-order valence-electron chi connectivity index (χ0n) is 8.79. The van der Waals surface area contributed by atoms with E-state index in [9.17, 15) is 0 Å². The first kappa shape index (κ1) is 10.7. The number of methoxy groups -OCH3 is 1. The van der Waals surface area contributed by atoms with Gasteiger partial charge >= 0.3 is 0 Å². The van der Waals surface area contributed by atoms with Gasteiger partial charge in [0.05, 0.1) is 12.1 Å². The Hall–Kier alpha value is -0.800. The van der Waals surface area contributed by atoms with E-state index in [-0.39, 0.29) is 0 Å². The van der Waals surface area contributed by atoms with E-state index in [1.54, 1.807) is 13.3 Å². The first-order chi connectivity index (χ1) is 7.31. The number of hydrogen-bond acceptors (Lipinski definition) is 3. The molecule has 1 N–H and O–H groups in total. The molecule has 0 aliphatic carbocycles. The molecule has 1 unspecified atom stereocenters. The highest BCUT2D eigenvalue weighted by molar-refractivity contribution is 6.31. The quantitative estimate of drug-likeness (QED) is 0.855. The van der Waals surface area contributed by atoms with Gasteiger partial charge in [-0.2, -0.15) is 0 Å². The van der Waals surface area contributed by atoms with Crippen molar-refractivity contribution in [2.75, 3.05) is 20.2 Å². The van der Waals surface area contributed by atoms with E-state index in [1.807, 2.05) is 6.07 Å². The van der Waals surface area contributed by atoms with E-state index in [1.165, 1.54) is 6.42 Å². The molecule has 0 saturated carbocycles. The average molecular weight is 227 g/mol. The molecule has 1 aromatic rings. The summed E-state index contributed by atoms with van der Waals surface area (Å²) in [4.78, 5) is 4.17. The second-order valence-corrected chi connectivity index (χ2v) is 4.25. The van der Waals surface area contributed by atoms with E-state index in [0.717, 1.165) is 30.1 Å². The molecule has 1 aliphatic rings. The van der Waals surface area contributed by atoms with Crippen LogP contribution in [0.1, 0.15) is 12.0 Å². The predicted molar refractivity (Wildman–Crippen MR) is 60.5 cm³/mol. The van der Waals surface area contributed by atoms with Crippen LogP contribution in [0.2, 0.25) is 5.02 Å². The van der Waals surface area contributed by atoms with Gasteiger partial charge < -0.3 is 10.1 Å². The number of ether oxygens (including phenoxy) is 1. The molecule has 3 nitrogen and oxygen atoms in total. The number of aromatic nitrogens is 1. The number of nitrogens with one attached hydrogen (secondary N) is 1. The third-order valence-corrected chi connectivity index (χ3v) is 3.16. The molecular weight excluding hydrogens is 212 g/mol. The van der Waals surface area contributed by atoms with Gasteiger partial charge in [-0.15, -0.1) is 0 Å². The number of nitrogens with zero attached hydrogens (tertiary/aromatic N) is 1. The van der Waals surface area contributed by atoms with Crippen LogP contribution >= 0.6 is 11.6 Å². The number of hydrogen-bond donors (Lipinski definition) is 1. The van der Waals surface area contributed by atoms with Gasteiger partial charge in [0.15, 0.2) is 0 Å². The van der Waals surface area contributed by atoms with Crippen LogP contribution in [-0.2, 0) is 6.42 Å². The molecule has 1 saturated heterocycles. The van der Waals surface area contributed by atoms with Crippen molar-refractivity contribution in [3.05, 3.63) is 22.8 Å². The molecule has 0 bridgehead atoms. The molecule has 1 aromatic heterocycles. The summed E-state index contributed by atoms with van der Waals surface area (Å²) >= 11 is 6.15. The molecule has 2 rings (SSSR count). The van der Waals surface area contributed by atoms with Crippen LogP contribution in [0.25, 0.3) is 0 Å². The Bertz CT molecular complexity index is 337. The average Bonchev–Trinajstić information content (AvgIpc) is 2.74. The molecule has 2 heterocycles. The highest BCUT2D eigenvalue weighted by Gasteiger charge is 2.19. The first-order valence-electron chi connectivity index (χ1n) is 5.19. The van der Waals surface area contributed by atoms with Gasteiger partial charge in [0, 0.05) is 11.8 Å². The van der Waals surface area contributed by atoms with Crippen molar-refractivity contribution in [2.45, 2.75) is 12.8 Å². The summed E-state index contributed by atoms with van der Waals surface area (Å²) in [6.45, 7) is 2.17. The Balaban J connectivity index is 2.17. The lowest BCUT2D eigenvalue weighted by Gasteiger charge is -2.12. The standard InChI is InChI=1S/C11H15ClN2O/c1-15-11-9(10(12)3-5-14-11)6-8-2-4-13-7-8/h3,5,8,13H,2,4,6-7H2,1H3. The van der Waals surface area contributed by atoms with Crippen LogP contribution in [-0.4, -0.2) is 25.2 Å². The summed E-state index contributed by atoms with van der Waals surface area (Å²) in [6.07, 6.45) is 3.83. The third-order valence-electron chi connectivity index (χ3n) is 2.81. The van der Waals surface area contributed by atoms with Crippen LogP contribution in [0.5, 0.6) is 5.88 Å². The minimum absolute atomic E-state index is 0.653. The Kier molecular flexibility index (Phi) is 3.44. The minimum Gasteiger partial charge on any atom is -0.481 e. The predicted octanol–water partition coefficient (Wildman–Crippen LogP) is 1.90. The highest BCUT2D eigenvalue weighted by Crippen LogP contribution is 2.28. The normalized spacial score (nSPS) is 20.5. The molecule has 1 aliphatic heterocycles. The molecule has 1 fully saturated rings. The Morgan fingerprint density at radius 3 is 3.20 bits per heavy atom. The Labute approximate surface area is 94.8 Å². The summed E-state index contributed by atoms with van der Waals surface area (Å²) in [5.74, 6) is 1.31. The van der Waals surface area contributed by atoms with Gasteiger partial charge in [-0.3, -0.25) is 0 Å². The van der Waals surface area contributed by atoms with Crippen molar-refractivity contribution in [3.8, 4) is 5.88 Å². The SMILES string of the molecule is COc1nccc(Cl)c1CC1CCNC1. The summed E-state index contributed by atoms with van der Waals surface area (Å²) in [7, 11) is 1.63. The van der Waals surface area contributed by atoms with Gasteiger partial charge in [-0.05, 0) is 37.9 Å². The lowest BCUT2D eigenvalue weighted by atomic mass is 9.99. The molecule has 0 radical (unpaired) electrons. The molecule has 0 amide bonds. The van der Waals surface area contributed by atoms with Crippen LogP contribution in [0, 0.1) is 5.92 Å². The van der Waals surface area contributed by atoms with E-state index < -0.39 is 0 Å². The first-order valence-corrected chi connectivity index (χ1v) is 5.57. The van der Waals surface area contributed by atoms with Crippen LogP contribution in [0.4, 0.5) is 0 Å². The van der Waals surface area contributed by atoms with E-state index in [0.29, 0.717) is 11.8 Å². The van der Waals surface area contributed by atoms with Crippen molar-refractivity contribution in [1.82, 2.24) is 10.3 Å². The highest BCUT2D eigenvalue weighted by atomic mass is 35.5. The topological polar surface area (TPSA) is 34.1 Å². The van der Waals surface area contributed by atoms with Crippen LogP contribution in [0.3, 0.4) is 0 Å². The lowest BCUT2D eigenvalue weighted by molar-refractivity contribution is 0.388. The molecule has 4 heteroatoms. The number of halogens is 1. The third kappa shape index (κ3) is 2.41. The van der Waals surface area contributed by atoms with Crippen molar-refractivity contribution < 1.29 is 4.74 Å². The van der Waals surface area contributed by atoms with Gasteiger partial charge in [0.1, 0.15) is 0 Å². The molecule has 0 aromatic carbocycles. The second-order valence-electron chi connectivity index (χ2n) is 3.84. The summed E-state index contributed by atoms with van der Waals surface area (Å²) in [5, 5.41) is 4.10. The fraction of sp³-hybridized carbons (Fsp3) is 0.545. The number of rotatable bonds is 3. The van der Waals surface area contributed by atoms with Crippen LogP contribution < -0.4 is 10.1 Å². The fourth-order valence-electron chi connectivity index (χ4n) is 1.99. The molecule has 1 atom stereocenters. The molecule has 0 spiro atoms. The van der Waals surface area contributed by atoms with Gasteiger partial charge in [-0.25, -0.2) is 4.98 Å². The van der Waals surface area contributed by atoms with Crippen molar-refractivity contribution in [3.63, 3.8) is 0 Å². The maximum Gasteiger partial charge on any atom is 0.217 e. The van der Waals surface area contributed by atoms with Crippen molar-refractivity contribution >= 4 is 11.6 Å². The number of pyridine rings is 1. The van der Waals surface area contributed by atoms with Gasteiger partial charge in [-0.1, -0.05) is 11.6 Å². The summed E-state index contributed by atoms with van der Waals surface area (Å²) < 4.78 is 5.22. The fourth-order valence-corrected chi connectivity index (χ4v) is 2.20. The molecular formula is C11H15ClN2O. The zero-order valence-corrected chi connectivity index (χ0v) is 9.55. The van der Waals surface area contributed by atoms with Crippen LogP contribution in [0.15, 0.2) is 12.3 Å². The monoisotopic (exact) mass is 226 g/mol. The molecule has 15 heavy (non-hydrogen) atoms. The second kappa shape index (κ2) is 4.81. The smallest absolute Gasteiger partial charge is 0.217 e. The minimum atomic E-state index is 0.653. The Morgan fingerprint density at radius 2 is 2.53 bits per heavy atom. The molecule has 82 valence electrons. The maximum atomic E-state index is 6.15. The maximum absolute atomic E-state index is 6.15. The van der Waals surface area contributed by atoms with Gasteiger partial charge in [0.25, 0.3) is 0 Å². The summed E-state index contributed by atoms with van der Waals surface area (Å²) in [6, 6.07) is 1.82. The summed E-state index contributed by atoms with van der Waals surface area (Å²) in [5.41, 5.74) is 1.04. The van der Waals surface area contributed by atoms with Crippen molar-refractivity contribution in [2.24, 2.45) is 5.92 Å².